The number of aliphatic hydroxyl groups is 2. The largest absolute Gasteiger partial charge is 0.458 e. The smallest absolute Gasteiger partial charge is 0.389 e. The third-order valence-electron chi connectivity index (χ3n) is 16.5. The highest BCUT2D eigenvalue weighted by Gasteiger charge is 2.64. The van der Waals surface area contributed by atoms with Gasteiger partial charge in [-0.25, -0.2) is 4.79 Å². The number of rotatable bonds is 31. The van der Waals surface area contributed by atoms with Crippen molar-refractivity contribution in [2.75, 3.05) is 20.3 Å². The zero-order valence-corrected chi connectivity index (χ0v) is 51.8. The predicted octanol–water partition coefficient (Wildman–Crippen LogP) is -1.59. The molecule has 494 valence electrons. The number of nitrogens with two attached hydrogens (primary N) is 1. The summed E-state index contributed by atoms with van der Waals surface area (Å²) in [5, 5.41) is 48.3. The van der Waals surface area contributed by atoms with E-state index in [9.17, 15) is 80.9 Å². The number of aliphatic hydroxyl groups excluding tert-OH is 2. The van der Waals surface area contributed by atoms with E-state index in [1.165, 1.54) is 13.8 Å². The number of likely N-dealkylation sites (N-methyl/N-ethyl adjacent to an activating group) is 1. The number of cyclic esters (lactones) is 1. The molecule has 2 unspecified atom stereocenters. The van der Waals surface area contributed by atoms with Crippen LogP contribution in [0.2, 0.25) is 0 Å². The van der Waals surface area contributed by atoms with Crippen LogP contribution in [0.4, 0.5) is 13.2 Å². The summed E-state index contributed by atoms with van der Waals surface area (Å²) in [6, 6.07) is -6.00. The normalized spacial score (nSPS) is 23.5. The Balaban J connectivity index is 1.86. The third kappa shape index (κ3) is 21.4. The van der Waals surface area contributed by atoms with E-state index in [-0.39, 0.29) is 25.7 Å². The summed E-state index contributed by atoms with van der Waals surface area (Å²) in [6.45, 7) is 13.4. The van der Waals surface area contributed by atoms with Gasteiger partial charge in [0.05, 0.1) is 19.3 Å². The molecule has 1 spiro atoms. The van der Waals surface area contributed by atoms with Crippen LogP contribution in [0.3, 0.4) is 0 Å². The Morgan fingerprint density at radius 3 is 1.59 bits per heavy atom. The Hall–Kier alpha value is -7.47. The SMILES string of the molecule is CC[C@H](C)[C@H](NC(=O)[C@@H](Cc1ccccc1)NC)C(=O)N[C@@H](CO)C(=O)N[C@H](CCC(N)=O)C(=O)N[C@@H](C(=O)N[C@H](C(=O)N[C@@H](CO)C(=O)N[C@H]1C(=O)N[C@@H](C)C(=O)NC2(CC2CC(F)(F)F)C(=O)N[C@@H]([C@@H](C)CC)C(=O)O[C@H]1C)[C@@H](C)CC)[C@@H](C)CC. The molecule has 3 rings (SSSR count). The lowest BCUT2D eigenvalue weighted by atomic mass is 9.94. The van der Waals surface area contributed by atoms with Crippen LogP contribution in [0, 0.1) is 29.6 Å². The van der Waals surface area contributed by atoms with Crippen LogP contribution in [0.25, 0.3) is 0 Å². The molecule has 0 bridgehead atoms. The molecule has 30 heteroatoms. The number of hydrogen-bond acceptors (Lipinski definition) is 16. The Labute approximate surface area is 510 Å². The number of primary amides is 1. The van der Waals surface area contributed by atoms with E-state index < -0.39 is 218 Å². The van der Waals surface area contributed by atoms with Gasteiger partial charge in [0.25, 0.3) is 0 Å². The van der Waals surface area contributed by atoms with E-state index in [2.05, 4.69) is 58.5 Å². The summed E-state index contributed by atoms with van der Waals surface area (Å²) in [5.74, 6) is -16.1. The van der Waals surface area contributed by atoms with Gasteiger partial charge in [0.1, 0.15) is 66.0 Å². The second-order valence-corrected chi connectivity index (χ2v) is 23.1. The van der Waals surface area contributed by atoms with Gasteiger partial charge in [-0.3, -0.25) is 52.7 Å². The van der Waals surface area contributed by atoms with Crippen molar-refractivity contribution in [3.05, 3.63) is 35.9 Å². The van der Waals surface area contributed by atoms with Gasteiger partial charge in [-0.15, -0.1) is 0 Å². The number of benzene rings is 1. The molecule has 11 amide bonds. The van der Waals surface area contributed by atoms with E-state index >= 15 is 0 Å². The van der Waals surface area contributed by atoms with E-state index in [0.717, 1.165) is 12.5 Å². The maximum atomic E-state index is 14.4. The van der Waals surface area contributed by atoms with E-state index in [1.54, 1.807) is 55.5 Å². The molecule has 0 radical (unpaired) electrons. The maximum absolute atomic E-state index is 14.4. The summed E-state index contributed by atoms with van der Waals surface area (Å²) in [5.41, 5.74) is 4.18. The van der Waals surface area contributed by atoms with Gasteiger partial charge < -0.3 is 79.2 Å². The summed E-state index contributed by atoms with van der Waals surface area (Å²) in [6.07, 6.45) is -7.76. The average Bonchev–Trinajstić information content (AvgIpc) is 3.43. The maximum Gasteiger partial charge on any atom is 0.389 e. The van der Waals surface area contributed by atoms with Crippen molar-refractivity contribution < 1.29 is 85.7 Å². The van der Waals surface area contributed by atoms with Crippen LogP contribution in [-0.2, 0) is 68.7 Å². The van der Waals surface area contributed by atoms with Gasteiger partial charge in [0, 0.05) is 18.8 Å². The molecule has 1 heterocycles. The van der Waals surface area contributed by atoms with Crippen LogP contribution in [-0.4, -0.2) is 180 Å². The molecule has 1 saturated heterocycles. The van der Waals surface area contributed by atoms with E-state index in [1.807, 2.05) is 30.3 Å². The predicted molar refractivity (Wildman–Crippen MR) is 312 cm³/mol. The first kappa shape index (κ1) is 74.8. The lowest BCUT2D eigenvalue weighted by Crippen LogP contribution is -2.63. The van der Waals surface area contributed by atoms with Gasteiger partial charge in [0.15, 0.2) is 0 Å². The zero-order valence-electron chi connectivity index (χ0n) is 51.8. The van der Waals surface area contributed by atoms with Gasteiger partial charge in [-0.05, 0) is 69.4 Å². The number of halogens is 3. The van der Waals surface area contributed by atoms with Gasteiger partial charge in [-0.1, -0.05) is 111 Å². The van der Waals surface area contributed by atoms with Crippen molar-refractivity contribution in [3.8, 4) is 0 Å². The summed E-state index contributed by atoms with van der Waals surface area (Å²) < 4.78 is 46.3. The molecule has 1 aliphatic carbocycles. The van der Waals surface area contributed by atoms with Gasteiger partial charge >= 0.3 is 12.1 Å². The Bertz CT molecular complexity index is 2620. The van der Waals surface area contributed by atoms with Crippen molar-refractivity contribution in [2.24, 2.45) is 35.3 Å². The number of carbonyl (C=O) groups excluding carboxylic acids is 12. The lowest BCUT2D eigenvalue weighted by molar-refractivity contribution is -0.157. The minimum absolute atomic E-state index is 0.215. The number of nitrogens with one attached hydrogen (secondary N) is 11. The summed E-state index contributed by atoms with van der Waals surface area (Å²) in [4.78, 5) is 165. The fourth-order valence-electron chi connectivity index (χ4n) is 9.73. The molecule has 2 aliphatic rings. The molecule has 27 nitrogen and oxygen atoms in total. The minimum Gasteiger partial charge on any atom is -0.458 e. The fourth-order valence-corrected chi connectivity index (χ4v) is 9.73. The lowest BCUT2D eigenvalue weighted by Gasteiger charge is -2.31. The first-order valence-corrected chi connectivity index (χ1v) is 29.8. The highest BCUT2D eigenvalue weighted by molar-refractivity contribution is 6.01. The highest BCUT2D eigenvalue weighted by atomic mass is 19.4. The number of ether oxygens (including phenoxy) is 1. The quantitative estimate of drug-likeness (QED) is 0.0373. The molecular formula is C58H91F3N12O15. The van der Waals surface area contributed by atoms with Crippen molar-refractivity contribution in [1.29, 1.82) is 0 Å². The highest BCUT2D eigenvalue weighted by Crippen LogP contribution is 2.50. The molecule has 88 heavy (non-hydrogen) atoms. The van der Waals surface area contributed by atoms with Crippen LogP contribution in [0.1, 0.15) is 126 Å². The first-order chi connectivity index (χ1) is 41.3. The third-order valence-corrected chi connectivity index (χ3v) is 16.5. The van der Waals surface area contributed by atoms with Crippen LogP contribution in [0.15, 0.2) is 30.3 Å². The van der Waals surface area contributed by atoms with Gasteiger partial charge in [0.2, 0.25) is 65.0 Å². The van der Waals surface area contributed by atoms with Crippen LogP contribution >= 0.6 is 0 Å². The molecule has 2 fully saturated rings. The monoisotopic (exact) mass is 1250 g/mol. The Morgan fingerprint density at radius 2 is 1.12 bits per heavy atom. The molecule has 15 N–H and O–H groups in total. The number of carbonyl (C=O) groups is 12. The van der Waals surface area contributed by atoms with Crippen molar-refractivity contribution >= 4 is 70.9 Å². The fraction of sp³-hybridized carbons (Fsp3) is 0.690. The second kappa shape index (κ2) is 34.3. The molecular weight excluding hydrogens is 1160 g/mol. The van der Waals surface area contributed by atoms with Crippen molar-refractivity contribution in [1.82, 2.24) is 58.5 Å². The average molecular weight is 1250 g/mol. The molecule has 1 saturated carbocycles. The van der Waals surface area contributed by atoms with E-state index in [4.69, 9.17) is 10.5 Å². The molecule has 0 aromatic heterocycles. The van der Waals surface area contributed by atoms with Crippen LogP contribution < -0.4 is 64.2 Å². The number of alkyl halides is 3. The molecule has 17 atom stereocenters. The first-order valence-electron chi connectivity index (χ1n) is 29.8. The van der Waals surface area contributed by atoms with E-state index in [0.29, 0.717) is 6.42 Å². The molecule has 1 aromatic carbocycles. The minimum atomic E-state index is -4.73. The zero-order chi connectivity index (χ0) is 66.5. The number of amides is 11. The molecule has 1 aliphatic heterocycles. The van der Waals surface area contributed by atoms with Crippen molar-refractivity contribution in [2.45, 2.75) is 205 Å². The summed E-state index contributed by atoms with van der Waals surface area (Å²) in [7, 11) is 1.58. The summed E-state index contributed by atoms with van der Waals surface area (Å²) >= 11 is 0. The van der Waals surface area contributed by atoms with Gasteiger partial charge in [-0.2, -0.15) is 13.2 Å². The topological polar surface area (TPSA) is 413 Å². The van der Waals surface area contributed by atoms with Crippen molar-refractivity contribution in [3.63, 3.8) is 0 Å². The van der Waals surface area contributed by atoms with Crippen LogP contribution in [0.5, 0.6) is 0 Å². The number of esters is 1. The standard InChI is InChI=1S/C58H91F3N12O15/c1-12-28(5)41(69-48(79)37(63-11)23-34-19-17-16-18-20-34)51(82)66-38(26-74)49(80)65-36(21-22-40(62)76)47(78)68-43(30(7)14-3)53(84)70-42(29(6)13-2)52(83)67-39(27-75)50(81)71-45-33(10)88-55(86)44(31(8)15-4)72-56(87)57(24-35(57)25-58(59,60)61)73-46(77)32(9)64-54(45)85/h16-20,28-33,35-39,41-45,63,74-75H,12-15,21-27H2,1-11H3,(H2,62,76)(H,64,85)(H,65,80)(H,66,82)(H,67,83)(H,68,78)(H,69,79)(H,70,84)(H,71,81)(H,72,87)(H,73,77)/t28-,29-,30-,31-,32-,33-,35?,36+,37+,38-,39-,41-,42-,43+,44-,45+,57?/m0/s1. The second-order valence-electron chi connectivity index (χ2n) is 23.1. The molecule has 1 aromatic rings. The number of hydrogen-bond donors (Lipinski definition) is 14. The Morgan fingerprint density at radius 1 is 0.659 bits per heavy atom. The Kier molecular flexibility index (Phi) is 29.2.